The van der Waals surface area contributed by atoms with E-state index in [1.165, 1.54) is 18.4 Å². The van der Waals surface area contributed by atoms with Gasteiger partial charge in [-0.05, 0) is 42.9 Å². The summed E-state index contributed by atoms with van der Waals surface area (Å²) >= 11 is 0. The molecule has 112 valence electrons. The van der Waals surface area contributed by atoms with E-state index in [2.05, 4.69) is 16.2 Å². The third-order valence-corrected chi connectivity index (χ3v) is 4.22. The lowest BCUT2D eigenvalue weighted by Gasteiger charge is -2.22. The van der Waals surface area contributed by atoms with Crippen molar-refractivity contribution in [3.63, 3.8) is 0 Å². The molecule has 21 heavy (non-hydrogen) atoms. The van der Waals surface area contributed by atoms with Gasteiger partial charge in [-0.2, -0.15) is 5.10 Å². The van der Waals surface area contributed by atoms with Gasteiger partial charge < -0.3 is 14.5 Å². The van der Waals surface area contributed by atoms with E-state index in [9.17, 15) is 0 Å². The van der Waals surface area contributed by atoms with Crippen molar-refractivity contribution in [3.8, 4) is 0 Å². The molecule has 2 aromatic heterocycles. The van der Waals surface area contributed by atoms with E-state index in [0.717, 1.165) is 50.0 Å². The van der Waals surface area contributed by atoms with Crippen molar-refractivity contribution in [1.82, 2.24) is 15.1 Å². The van der Waals surface area contributed by atoms with Gasteiger partial charge >= 0.3 is 0 Å². The Bertz CT molecular complexity index is 587. The summed E-state index contributed by atoms with van der Waals surface area (Å²) in [4.78, 5) is 0. The van der Waals surface area contributed by atoms with Crippen LogP contribution in [0.25, 0.3) is 0 Å². The normalized spacial score (nSPS) is 21.4. The zero-order chi connectivity index (χ0) is 14.1. The number of hydrogen-bond acceptors (Lipinski definition) is 4. The highest BCUT2D eigenvalue weighted by atomic mass is 16.5. The highest BCUT2D eigenvalue weighted by molar-refractivity contribution is 5.22. The van der Waals surface area contributed by atoms with E-state index in [0.29, 0.717) is 0 Å². The van der Waals surface area contributed by atoms with Gasteiger partial charge in [-0.15, -0.1) is 0 Å². The standard InChI is InChI=1S/C16H21N3O2/c1-2-14(20-6-1)8-17-9-15-16-13(5-7-21-15)11-19(18-16)10-12-3-4-12/h1-2,6,11-12,15,17H,3-5,7-10H2/t15-/m1/s1. The molecule has 1 atom stereocenters. The lowest BCUT2D eigenvalue weighted by Crippen LogP contribution is -2.27. The fourth-order valence-electron chi connectivity index (χ4n) is 2.89. The molecule has 2 aliphatic rings. The Labute approximate surface area is 124 Å². The second-order valence-corrected chi connectivity index (χ2v) is 6.02. The van der Waals surface area contributed by atoms with E-state index in [1.54, 1.807) is 6.26 Å². The number of rotatable bonds is 6. The summed E-state index contributed by atoms with van der Waals surface area (Å²) in [5, 5.41) is 8.15. The third-order valence-electron chi connectivity index (χ3n) is 4.22. The molecule has 1 fully saturated rings. The summed E-state index contributed by atoms with van der Waals surface area (Å²) in [6, 6.07) is 3.89. The van der Waals surface area contributed by atoms with E-state index in [4.69, 9.17) is 14.3 Å². The van der Waals surface area contributed by atoms with Crippen LogP contribution in [0.5, 0.6) is 0 Å². The second kappa shape index (κ2) is 5.66. The summed E-state index contributed by atoms with van der Waals surface area (Å²) < 4.78 is 13.3. The van der Waals surface area contributed by atoms with Crippen LogP contribution in [0, 0.1) is 5.92 Å². The number of ether oxygens (including phenoxy) is 1. The lowest BCUT2D eigenvalue weighted by molar-refractivity contribution is 0.0390. The van der Waals surface area contributed by atoms with Gasteiger partial charge in [0.25, 0.3) is 0 Å². The van der Waals surface area contributed by atoms with Crippen molar-refractivity contribution in [2.24, 2.45) is 5.92 Å². The Morgan fingerprint density at radius 3 is 3.14 bits per heavy atom. The molecule has 1 N–H and O–H groups in total. The topological polar surface area (TPSA) is 52.2 Å². The average molecular weight is 287 g/mol. The minimum atomic E-state index is 0.0594. The molecular weight excluding hydrogens is 266 g/mol. The van der Waals surface area contributed by atoms with Gasteiger partial charge in [-0.3, -0.25) is 4.68 Å². The molecule has 0 radical (unpaired) electrons. The van der Waals surface area contributed by atoms with Gasteiger partial charge in [-0.25, -0.2) is 0 Å². The molecule has 1 aliphatic carbocycles. The molecule has 4 rings (SSSR count). The molecule has 0 bridgehead atoms. The predicted molar refractivity (Wildman–Crippen MR) is 77.8 cm³/mol. The largest absolute Gasteiger partial charge is 0.468 e. The van der Waals surface area contributed by atoms with Crippen LogP contribution >= 0.6 is 0 Å². The van der Waals surface area contributed by atoms with E-state index < -0.39 is 0 Å². The zero-order valence-corrected chi connectivity index (χ0v) is 12.1. The zero-order valence-electron chi connectivity index (χ0n) is 12.1. The quantitative estimate of drug-likeness (QED) is 0.885. The molecule has 1 aliphatic heterocycles. The van der Waals surface area contributed by atoms with Crippen LogP contribution < -0.4 is 5.32 Å². The number of nitrogens with zero attached hydrogens (tertiary/aromatic N) is 2. The van der Waals surface area contributed by atoms with Crippen LogP contribution in [0.1, 0.15) is 36.0 Å². The fourth-order valence-corrected chi connectivity index (χ4v) is 2.89. The van der Waals surface area contributed by atoms with E-state index >= 15 is 0 Å². The number of furan rings is 1. The Morgan fingerprint density at radius 2 is 2.33 bits per heavy atom. The molecule has 1 saturated carbocycles. The monoisotopic (exact) mass is 287 g/mol. The van der Waals surface area contributed by atoms with Gasteiger partial charge in [0.1, 0.15) is 11.9 Å². The average Bonchev–Trinajstić information content (AvgIpc) is 3.00. The summed E-state index contributed by atoms with van der Waals surface area (Å²) in [6.45, 7) is 3.36. The Balaban J connectivity index is 1.38. The number of hydrogen-bond donors (Lipinski definition) is 1. The maximum atomic E-state index is 5.89. The Morgan fingerprint density at radius 1 is 1.38 bits per heavy atom. The molecule has 3 heterocycles. The first-order chi connectivity index (χ1) is 10.4. The SMILES string of the molecule is c1coc(CNC[C@H]2OCCc3cn(CC4CC4)nc32)c1. The lowest BCUT2D eigenvalue weighted by atomic mass is 10.1. The molecular formula is C16H21N3O2. The molecule has 5 heteroatoms. The van der Waals surface area contributed by atoms with Crippen molar-refractivity contribution >= 4 is 0 Å². The molecule has 2 aromatic rings. The Hall–Kier alpha value is -1.59. The predicted octanol–water partition coefficient (Wildman–Crippen LogP) is 2.29. The molecule has 0 spiro atoms. The minimum Gasteiger partial charge on any atom is -0.468 e. The number of aromatic nitrogens is 2. The molecule has 0 saturated heterocycles. The minimum absolute atomic E-state index is 0.0594. The summed E-state index contributed by atoms with van der Waals surface area (Å²) in [6.07, 6.45) is 7.67. The molecule has 0 aromatic carbocycles. The van der Waals surface area contributed by atoms with Crippen LogP contribution in [0.15, 0.2) is 29.0 Å². The van der Waals surface area contributed by atoms with E-state index in [-0.39, 0.29) is 6.10 Å². The van der Waals surface area contributed by atoms with Crippen LogP contribution in [0.3, 0.4) is 0 Å². The van der Waals surface area contributed by atoms with E-state index in [1.807, 2.05) is 12.1 Å². The third kappa shape index (κ3) is 3.04. The van der Waals surface area contributed by atoms with Crippen molar-refractivity contribution < 1.29 is 9.15 Å². The van der Waals surface area contributed by atoms with Gasteiger partial charge in [0.2, 0.25) is 0 Å². The summed E-state index contributed by atoms with van der Waals surface area (Å²) in [5.41, 5.74) is 2.47. The highest BCUT2D eigenvalue weighted by Gasteiger charge is 2.27. The summed E-state index contributed by atoms with van der Waals surface area (Å²) in [7, 11) is 0. The molecule has 0 unspecified atom stereocenters. The number of nitrogens with one attached hydrogen (secondary N) is 1. The van der Waals surface area contributed by atoms with Crippen molar-refractivity contribution in [2.75, 3.05) is 13.2 Å². The van der Waals surface area contributed by atoms with Gasteiger partial charge in [0, 0.05) is 19.3 Å². The number of fused-ring (bicyclic) bond motifs is 1. The maximum absolute atomic E-state index is 5.89. The van der Waals surface area contributed by atoms with Crippen molar-refractivity contribution in [3.05, 3.63) is 41.6 Å². The van der Waals surface area contributed by atoms with Crippen LogP contribution in [0.4, 0.5) is 0 Å². The van der Waals surface area contributed by atoms with Crippen molar-refractivity contribution in [1.29, 1.82) is 0 Å². The van der Waals surface area contributed by atoms with Crippen molar-refractivity contribution in [2.45, 2.75) is 38.5 Å². The van der Waals surface area contributed by atoms with Gasteiger partial charge in [0.15, 0.2) is 0 Å². The molecule has 5 nitrogen and oxygen atoms in total. The fraction of sp³-hybridized carbons (Fsp3) is 0.562. The highest BCUT2D eigenvalue weighted by Crippen LogP contribution is 2.32. The first kappa shape index (κ1) is 13.1. The van der Waals surface area contributed by atoms with Crippen LogP contribution in [-0.4, -0.2) is 22.9 Å². The summed E-state index contributed by atoms with van der Waals surface area (Å²) in [5.74, 6) is 1.80. The second-order valence-electron chi connectivity index (χ2n) is 6.02. The molecule has 0 amide bonds. The van der Waals surface area contributed by atoms with Gasteiger partial charge in [-0.1, -0.05) is 0 Å². The Kier molecular flexibility index (Phi) is 3.53. The first-order valence-corrected chi connectivity index (χ1v) is 7.79. The first-order valence-electron chi connectivity index (χ1n) is 7.79. The van der Waals surface area contributed by atoms with Crippen LogP contribution in [-0.2, 0) is 24.2 Å². The smallest absolute Gasteiger partial charge is 0.117 e. The van der Waals surface area contributed by atoms with Gasteiger partial charge in [0.05, 0.1) is 25.1 Å². The van der Waals surface area contributed by atoms with Crippen LogP contribution in [0.2, 0.25) is 0 Å². The maximum Gasteiger partial charge on any atom is 0.117 e.